The first-order valence-corrected chi connectivity index (χ1v) is 11.1. The summed E-state index contributed by atoms with van der Waals surface area (Å²) in [4.78, 5) is 10.9. The number of nitrogens with zero attached hydrogens (tertiary/aromatic N) is 2. The molecule has 2 aromatic carbocycles. The van der Waals surface area contributed by atoms with Gasteiger partial charge in [0.15, 0.2) is 5.96 Å². The van der Waals surface area contributed by atoms with Gasteiger partial charge in [0.2, 0.25) is 0 Å². The lowest BCUT2D eigenvalue weighted by Gasteiger charge is -2.38. The number of nitrogens with one attached hydrogen (secondary N) is 3. The van der Waals surface area contributed by atoms with Crippen LogP contribution in [0.2, 0.25) is 0 Å². The topological polar surface area (TPSA) is 55.5 Å². The number of hydrogen-bond donors (Lipinski definition) is 3. The zero-order valence-corrected chi connectivity index (χ0v) is 20.8. The molecular formula is C25H34IN5. The SMILES string of the molecule is CCNC(=NCc1cc2ccccc2[nH]1)NC1CCN(Cc2ccccc2)C(C)C1.I. The number of likely N-dealkylation sites (tertiary alicyclic amines) is 1. The fourth-order valence-corrected chi connectivity index (χ4v) is 4.30. The lowest BCUT2D eigenvalue weighted by molar-refractivity contribution is 0.134. The molecule has 1 aliphatic rings. The zero-order chi connectivity index (χ0) is 20.8. The van der Waals surface area contributed by atoms with Crippen molar-refractivity contribution in [2.75, 3.05) is 13.1 Å². The van der Waals surface area contributed by atoms with Gasteiger partial charge < -0.3 is 15.6 Å². The highest BCUT2D eigenvalue weighted by molar-refractivity contribution is 14.0. The minimum absolute atomic E-state index is 0. The number of aromatic amines is 1. The van der Waals surface area contributed by atoms with E-state index in [-0.39, 0.29) is 24.0 Å². The van der Waals surface area contributed by atoms with Crippen LogP contribution in [0.15, 0.2) is 65.7 Å². The first-order chi connectivity index (χ1) is 14.7. The smallest absolute Gasteiger partial charge is 0.191 e. The molecule has 0 bridgehead atoms. The van der Waals surface area contributed by atoms with Gasteiger partial charge in [-0.1, -0.05) is 48.5 Å². The van der Waals surface area contributed by atoms with E-state index in [1.807, 2.05) is 0 Å². The second kappa shape index (κ2) is 11.5. The lowest BCUT2D eigenvalue weighted by Crippen LogP contribution is -2.51. The molecule has 0 saturated carbocycles. The minimum Gasteiger partial charge on any atom is -0.357 e. The fraction of sp³-hybridized carbons (Fsp3) is 0.400. The molecule has 1 fully saturated rings. The molecule has 2 heterocycles. The van der Waals surface area contributed by atoms with Gasteiger partial charge in [0.25, 0.3) is 0 Å². The minimum atomic E-state index is 0. The Balaban J connectivity index is 0.00000272. The Hall–Kier alpha value is -2.06. The molecule has 1 aromatic heterocycles. The Kier molecular flexibility index (Phi) is 8.78. The van der Waals surface area contributed by atoms with Crippen LogP contribution in [-0.2, 0) is 13.1 Å². The molecule has 166 valence electrons. The zero-order valence-electron chi connectivity index (χ0n) is 18.5. The quantitative estimate of drug-likeness (QED) is 0.241. The highest BCUT2D eigenvalue weighted by Crippen LogP contribution is 2.20. The Morgan fingerprint density at radius 2 is 1.90 bits per heavy atom. The van der Waals surface area contributed by atoms with Gasteiger partial charge in [-0.3, -0.25) is 4.90 Å². The molecule has 6 heteroatoms. The fourth-order valence-electron chi connectivity index (χ4n) is 4.30. The molecule has 5 nitrogen and oxygen atoms in total. The van der Waals surface area contributed by atoms with Gasteiger partial charge in [-0.15, -0.1) is 24.0 Å². The van der Waals surface area contributed by atoms with Crippen molar-refractivity contribution in [1.82, 2.24) is 20.5 Å². The largest absolute Gasteiger partial charge is 0.357 e. The molecule has 1 saturated heterocycles. The molecule has 0 amide bonds. The summed E-state index contributed by atoms with van der Waals surface area (Å²) in [5.74, 6) is 0.907. The Labute approximate surface area is 202 Å². The van der Waals surface area contributed by atoms with Crippen LogP contribution in [0, 0.1) is 0 Å². The van der Waals surface area contributed by atoms with E-state index in [2.05, 4.69) is 95.0 Å². The first kappa shape index (κ1) is 23.6. The third-order valence-corrected chi connectivity index (χ3v) is 5.92. The van der Waals surface area contributed by atoms with E-state index in [0.717, 1.165) is 44.1 Å². The van der Waals surface area contributed by atoms with Crippen LogP contribution in [0.3, 0.4) is 0 Å². The number of benzene rings is 2. The lowest BCUT2D eigenvalue weighted by atomic mass is 9.97. The van der Waals surface area contributed by atoms with Crippen molar-refractivity contribution in [3.8, 4) is 0 Å². The van der Waals surface area contributed by atoms with Crippen LogP contribution >= 0.6 is 24.0 Å². The number of aromatic nitrogens is 1. The summed E-state index contributed by atoms with van der Waals surface area (Å²) in [6, 6.07) is 22.3. The van der Waals surface area contributed by atoms with Gasteiger partial charge in [-0.05, 0) is 49.8 Å². The van der Waals surface area contributed by atoms with Crippen molar-refractivity contribution < 1.29 is 0 Å². The van der Waals surface area contributed by atoms with Crippen LogP contribution in [0.5, 0.6) is 0 Å². The van der Waals surface area contributed by atoms with Crippen LogP contribution in [-0.4, -0.2) is 41.0 Å². The third-order valence-electron chi connectivity index (χ3n) is 5.92. The van der Waals surface area contributed by atoms with Crippen LogP contribution in [0.1, 0.15) is 37.9 Å². The molecule has 2 atom stereocenters. The number of H-pyrrole nitrogens is 1. The molecule has 1 aliphatic heterocycles. The maximum atomic E-state index is 4.83. The van der Waals surface area contributed by atoms with Crippen molar-refractivity contribution in [2.24, 2.45) is 4.99 Å². The summed E-state index contributed by atoms with van der Waals surface area (Å²) in [5.41, 5.74) is 3.70. The van der Waals surface area contributed by atoms with E-state index < -0.39 is 0 Å². The number of halogens is 1. The Morgan fingerprint density at radius 1 is 1.13 bits per heavy atom. The van der Waals surface area contributed by atoms with Gasteiger partial charge in [0.1, 0.15) is 0 Å². The molecular weight excluding hydrogens is 497 g/mol. The Bertz CT molecular complexity index is 935. The Morgan fingerprint density at radius 3 is 2.65 bits per heavy atom. The van der Waals surface area contributed by atoms with Crippen LogP contribution in [0.4, 0.5) is 0 Å². The van der Waals surface area contributed by atoms with Crippen LogP contribution in [0.25, 0.3) is 10.9 Å². The molecule has 0 radical (unpaired) electrons. The summed E-state index contributed by atoms with van der Waals surface area (Å²) in [5, 5.41) is 8.32. The van der Waals surface area contributed by atoms with Crippen LogP contribution < -0.4 is 10.6 Å². The maximum Gasteiger partial charge on any atom is 0.191 e. The average Bonchev–Trinajstić information content (AvgIpc) is 3.18. The molecule has 0 spiro atoms. The van der Waals surface area contributed by atoms with Gasteiger partial charge >= 0.3 is 0 Å². The van der Waals surface area contributed by atoms with Gasteiger partial charge in [-0.2, -0.15) is 0 Å². The molecule has 2 unspecified atom stereocenters. The van der Waals surface area contributed by atoms with Gasteiger partial charge in [-0.25, -0.2) is 4.99 Å². The van der Waals surface area contributed by atoms with E-state index in [4.69, 9.17) is 4.99 Å². The number of rotatable bonds is 6. The predicted octanol–water partition coefficient (Wildman–Crippen LogP) is 4.89. The van der Waals surface area contributed by atoms with Gasteiger partial charge in [0, 0.05) is 42.9 Å². The third kappa shape index (κ3) is 6.46. The monoisotopic (exact) mass is 531 g/mol. The van der Waals surface area contributed by atoms with Crippen molar-refractivity contribution in [1.29, 1.82) is 0 Å². The highest BCUT2D eigenvalue weighted by atomic mass is 127. The number of guanidine groups is 1. The first-order valence-electron chi connectivity index (χ1n) is 11.1. The normalized spacial score (nSPS) is 19.7. The predicted molar refractivity (Wildman–Crippen MR) is 141 cm³/mol. The highest BCUT2D eigenvalue weighted by Gasteiger charge is 2.25. The molecule has 0 aliphatic carbocycles. The molecule has 3 N–H and O–H groups in total. The average molecular weight is 531 g/mol. The summed E-state index contributed by atoms with van der Waals surface area (Å²) >= 11 is 0. The summed E-state index contributed by atoms with van der Waals surface area (Å²) < 4.78 is 0. The molecule has 3 aromatic rings. The summed E-state index contributed by atoms with van der Waals surface area (Å²) in [6.07, 6.45) is 2.26. The van der Waals surface area contributed by atoms with Crippen molar-refractivity contribution >= 4 is 40.8 Å². The standard InChI is InChI=1S/C25H33N5.HI/c1-3-26-25(27-17-23-16-21-11-7-8-12-24(21)28-23)29-22-13-14-30(19(2)15-22)18-20-9-5-4-6-10-20;/h4-12,16,19,22,28H,3,13-15,17-18H2,1-2H3,(H2,26,27,29);1H. The van der Waals surface area contributed by atoms with E-state index in [9.17, 15) is 0 Å². The van der Waals surface area contributed by atoms with Crippen molar-refractivity contribution in [3.63, 3.8) is 0 Å². The van der Waals surface area contributed by atoms with E-state index >= 15 is 0 Å². The number of piperidine rings is 1. The van der Waals surface area contributed by atoms with E-state index in [1.54, 1.807) is 0 Å². The summed E-state index contributed by atoms with van der Waals surface area (Å²) in [7, 11) is 0. The second-order valence-electron chi connectivity index (χ2n) is 8.25. The maximum absolute atomic E-state index is 4.83. The van der Waals surface area contributed by atoms with Crippen molar-refractivity contribution in [3.05, 3.63) is 71.9 Å². The van der Waals surface area contributed by atoms with E-state index in [1.165, 1.54) is 16.5 Å². The summed E-state index contributed by atoms with van der Waals surface area (Å²) in [6.45, 7) is 8.10. The van der Waals surface area contributed by atoms with E-state index in [0.29, 0.717) is 18.6 Å². The number of fused-ring (bicyclic) bond motifs is 1. The number of para-hydroxylation sites is 1. The van der Waals surface area contributed by atoms with Crippen molar-refractivity contribution in [2.45, 2.75) is 51.9 Å². The van der Waals surface area contributed by atoms with Gasteiger partial charge in [0.05, 0.1) is 6.54 Å². The number of aliphatic imine (C=N–C) groups is 1. The second-order valence-corrected chi connectivity index (χ2v) is 8.25. The molecule has 31 heavy (non-hydrogen) atoms. The number of hydrogen-bond acceptors (Lipinski definition) is 2. The molecule has 4 rings (SSSR count).